The fraction of sp³-hybridized carbons (Fsp3) is 0.471. The minimum Gasteiger partial charge on any atom is -0.392 e. The molecule has 1 aliphatic rings. The van der Waals surface area contributed by atoms with Crippen LogP contribution in [0.4, 0.5) is 0 Å². The van der Waals surface area contributed by atoms with Crippen molar-refractivity contribution in [1.29, 1.82) is 0 Å². The van der Waals surface area contributed by atoms with Gasteiger partial charge in [-0.3, -0.25) is 9.88 Å². The number of hydrogen-bond acceptors (Lipinski definition) is 3. The van der Waals surface area contributed by atoms with Gasteiger partial charge in [-0.1, -0.05) is 18.2 Å². The van der Waals surface area contributed by atoms with Gasteiger partial charge in [0.05, 0.1) is 11.6 Å². The summed E-state index contributed by atoms with van der Waals surface area (Å²) >= 11 is 0. The van der Waals surface area contributed by atoms with Gasteiger partial charge in [-0.15, -0.1) is 0 Å². The number of para-hydroxylation sites is 1. The Bertz CT molecular complexity index is 607. The molecule has 0 saturated heterocycles. The number of aliphatic hydroxyl groups excluding tert-OH is 1. The summed E-state index contributed by atoms with van der Waals surface area (Å²) in [6, 6.07) is 10.4. The van der Waals surface area contributed by atoms with Crippen LogP contribution in [0, 0.1) is 12.8 Å². The van der Waals surface area contributed by atoms with Crippen LogP contribution in [0.3, 0.4) is 0 Å². The molecule has 1 heterocycles. The highest BCUT2D eigenvalue weighted by Gasteiger charge is 2.30. The molecule has 0 amide bonds. The van der Waals surface area contributed by atoms with E-state index in [0.29, 0.717) is 5.92 Å². The van der Waals surface area contributed by atoms with E-state index < -0.39 is 0 Å². The summed E-state index contributed by atoms with van der Waals surface area (Å²) in [6.07, 6.45) is 2.20. The molecule has 1 atom stereocenters. The van der Waals surface area contributed by atoms with E-state index in [9.17, 15) is 5.11 Å². The van der Waals surface area contributed by atoms with Crippen molar-refractivity contribution in [1.82, 2.24) is 9.88 Å². The Morgan fingerprint density at radius 2 is 2.10 bits per heavy atom. The number of aromatic nitrogens is 1. The lowest BCUT2D eigenvalue weighted by Crippen LogP contribution is -2.30. The highest BCUT2D eigenvalue weighted by Crippen LogP contribution is 2.33. The van der Waals surface area contributed by atoms with Crippen molar-refractivity contribution < 1.29 is 5.11 Å². The molecule has 1 aromatic carbocycles. The number of nitrogens with zero attached hydrogens (tertiary/aromatic N) is 2. The number of rotatable bonds is 5. The van der Waals surface area contributed by atoms with Gasteiger partial charge < -0.3 is 5.11 Å². The minimum atomic E-state index is -0.172. The van der Waals surface area contributed by atoms with Gasteiger partial charge in [-0.05, 0) is 50.4 Å². The fourth-order valence-electron chi connectivity index (χ4n) is 2.83. The Balaban J connectivity index is 1.78. The maximum atomic E-state index is 10.1. The summed E-state index contributed by atoms with van der Waals surface area (Å²) in [4.78, 5) is 6.79. The summed E-state index contributed by atoms with van der Waals surface area (Å²) < 4.78 is 0. The topological polar surface area (TPSA) is 36.4 Å². The molecule has 3 nitrogen and oxygen atoms in total. The van der Waals surface area contributed by atoms with Gasteiger partial charge in [0.2, 0.25) is 0 Å². The number of aliphatic hydroxyl groups is 1. The van der Waals surface area contributed by atoms with Crippen molar-refractivity contribution in [2.45, 2.75) is 32.4 Å². The second-order valence-corrected chi connectivity index (χ2v) is 6.04. The summed E-state index contributed by atoms with van der Waals surface area (Å²) in [5, 5.41) is 11.3. The van der Waals surface area contributed by atoms with E-state index in [1.165, 1.54) is 23.8 Å². The van der Waals surface area contributed by atoms with Gasteiger partial charge in [0.15, 0.2) is 0 Å². The molecule has 0 bridgehead atoms. The lowest BCUT2D eigenvalue weighted by Gasteiger charge is -2.21. The van der Waals surface area contributed by atoms with Crippen molar-refractivity contribution >= 4 is 10.9 Å². The largest absolute Gasteiger partial charge is 0.392 e. The Hall–Kier alpha value is -1.45. The van der Waals surface area contributed by atoms with Crippen LogP contribution >= 0.6 is 0 Å². The first-order valence-electron chi connectivity index (χ1n) is 7.35. The van der Waals surface area contributed by atoms with Gasteiger partial charge >= 0.3 is 0 Å². The molecular formula is C17H22N2O. The number of fused-ring (bicyclic) bond motifs is 1. The third kappa shape index (κ3) is 3.00. The van der Waals surface area contributed by atoms with Gasteiger partial charge in [-0.2, -0.15) is 0 Å². The SMILES string of the molecule is Cc1cc(CN(C)CC(O)C2CC2)c2ccccc2n1. The van der Waals surface area contributed by atoms with E-state index >= 15 is 0 Å². The molecule has 1 saturated carbocycles. The van der Waals surface area contributed by atoms with Crippen molar-refractivity contribution in [2.75, 3.05) is 13.6 Å². The lowest BCUT2D eigenvalue weighted by atomic mass is 10.1. The Kier molecular flexibility index (Phi) is 3.72. The molecule has 0 radical (unpaired) electrons. The fourth-order valence-corrected chi connectivity index (χ4v) is 2.83. The van der Waals surface area contributed by atoms with E-state index in [-0.39, 0.29) is 6.10 Å². The second kappa shape index (κ2) is 5.51. The molecule has 20 heavy (non-hydrogen) atoms. The smallest absolute Gasteiger partial charge is 0.0708 e. The van der Waals surface area contributed by atoms with Crippen LogP contribution in [-0.4, -0.2) is 34.7 Å². The van der Waals surface area contributed by atoms with Crippen molar-refractivity contribution in [3.8, 4) is 0 Å². The zero-order chi connectivity index (χ0) is 14.1. The molecule has 1 N–H and O–H groups in total. The minimum absolute atomic E-state index is 0.172. The summed E-state index contributed by atoms with van der Waals surface area (Å²) in [5.74, 6) is 0.536. The number of likely N-dealkylation sites (N-methyl/N-ethyl adjacent to an activating group) is 1. The molecule has 1 unspecified atom stereocenters. The van der Waals surface area contributed by atoms with Gasteiger partial charge in [0.1, 0.15) is 0 Å². The molecular weight excluding hydrogens is 248 g/mol. The zero-order valence-corrected chi connectivity index (χ0v) is 12.2. The van der Waals surface area contributed by atoms with Crippen LogP contribution in [0.1, 0.15) is 24.1 Å². The van der Waals surface area contributed by atoms with Crippen LogP contribution < -0.4 is 0 Å². The summed E-state index contributed by atoms with van der Waals surface area (Å²) in [7, 11) is 2.08. The molecule has 106 valence electrons. The van der Waals surface area contributed by atoms with Crippen LogP contribution in [0.2, 0.25) is 0 Å². The third-order valence-electron chi connectivity index (χ3n) is 4.04. The second-order valence-electron chi connectivity index (χ2n) is 6.04. The maximum absolute atomic E-state index is 10.1. The Labute approximate surface area is 120 Å². The Morgan fingerprint density at radius 3 is 2.85 bits per heavy atom. The lowest BCUT2D eigenvalue weighted by molar-refractivity contribution is 0.104. The van der Waals surface area contributed by atoms with Crippen molar-refractivity contribution in [3.63, 3.8) is 0 Å². The normalized spacial score (nSPS) is 16.8. The Morgan fingerprint density at radius 1 is 1.35 bits per heavy atom. The number of benzene rings is 1. The van der Waals surface area contributed by atoms with Crippen molar-refractivity contribution in [2.24, 2.45) is 5.92 Å². The molecule has 3 rings (SSSR count). The monoisotopic (exact) mass is 270 g/mol. The number of aryl methyl sites for hydroxylation is 1. The van der Waals surface area contributed by atoms with E-state index in [0.717, 1.165) is 24.3 Å². The van der Waals surface area contributed by atoms with Gasteiger partial charge in [0.25, 0.3) is 0 Å². The summed E-state index contributed by atoms with van der Waals surface area (Å²) in [6.45, 7) is 3.64. The summed E-state index contributed by atoms with van der Waals surface area (Å²) in [5.41, 5.74) is 3.40. The van der Waals surface area contributed by atoms with Crippen molar-refractivity contribution in [3.05, 3.63) is 41.6 Å². The molecule has 3 heteroatoms. The maximum Gasteiger partial charge on any atom is 0.0708 e. The van der Waals surface area contributed by atoms with E-state index in [1.807, 2.05) is 13.0 Å². The molecule has 1 aromatic heterocycles. The van der Waals surface area contributed by atoms with E-state index in [1.54, 1.807) is 0 Å². The highest BCUT2D eigenvalue weighted by molar-refractivity contribution is 5.82. The highest BCUT2D eigenvalue weighted by atomic mass is 16.3. The molecule has 0 spiro atoms. The molecule has 2 aromatic rings. The predicted octanol–water partition coefficient (Wildman–Crippen LogP) is 2.75. The molecule has 1 fully saturated rings. The van der Waals surface area contributed by atoms with Crippen LogP contribution in [0.25, 0.3) is 10.9 Å². The first-order valence-corrected chi connectivity index (χ1v) is 7.35. The number of hydrogen-bond donors (Lipinski definition) is 1. The van der Waals surface area contributed by atoms with Crippen LogP contribution in [-0.2, 0) is 6.54 Å². The quantitative estimate of drug-likeness (QED) is 0.907. The van der Waals surface area contributed by atoms with E-state index in [2.05, 4.69) is 41.2 Å². The van der Waals surface area contributed by atoms with E-state index in [4.69, 9.17) is 0 Å². The molecule has 0 aliphatic heterocycles. The first-order chi connectivity index (χ1) is 9.63. The average Bonchev–Trinajstić information content (AvgIpc) is 3.22. The zero-order valence-electron chi connectivity index (χ0n) is 12.2. The number of pyridine rings is 1. The van der Waals surface area contributed by atoms with Gasteiger partial charge in [-0.25, -0.2) is 0 Å². The first kappa shape index (κ1) is 13.5. The standard InChI is InChI=1S/C17H22N2O/c1-12-9-14(15-5-3-4-6-16(15)18-12)10-19(2)11-17(20)13-7-8-13/h3-6,9,13,17,20H,7-8,10-11H2,1-2H3. The van der Waals surface area contributed by atoms with Crippen LogP contribution in [0.5, 0.6) is 0 Å². The predicted molar refractivity (Wildman–Crippen MR) is 81.5 cm³/mol. The molecule has 1 aliphatic carbocycles. The third-order valence-corrected chi connectivity index (χ3v) is 4.04. The van der Waals surface area contributed by atoms with Crippen LogP contribution in [0.15, 0.2) is 30.3 Å². The average molecular weight is 270 g/mol. The van der Waals surface area contributed by atoms with Gasteiger partial charge in [0, 0.05) is 24.2 Å².